The third kappa shape index (κ3) is 5.36. The smallest absolute Gasteiger partial charge is 0.340 e. The van der Waals surface area contributed by atoms with Gasteiger partial charge in [-0.05, 0) is 40.2 Å². The van der Waals surface area contributed by atoms with Crippen LogP contribution in [0.4, 0.5) is 0 Å². The van der Waals surface area contributed by atoms with Gasteiger partial charge in [-0.2, -0.15) is 0 Å². The minimum absolute atomic E-state index is 0.104. The Morgan fingerprint density at radius 3 is 2.23 bits per heavy atom. The highest BCUT2D eigenvalue weighted by Crippen LogP contribution is 2.31. The molecule has 0 saturated heterocycles. The van der Waals surface area contributed by atoms with E-state index in [0.29, 0.717) is 23.4 Å². The van der Waals surface area contributed by atoms with Crippen molar-refractivity contribution in [3.05, 3.63) is 46.8 Å². The Morgan fingerprint density at radius 1 is 1.03 bits per heavy atom. The average Bonchev–Trinajstić information content (AvgIpc) is 3.08. The molecule has 0 fully saturated rings. The summed E-state index contributed by atoms with van der Waals surface area (Å²) in [6.07, 6.45) is 0. The number of H-pyrrole nitrogens is 1. The second-order valence-electron chi connectivity index (χ2n) is 7.25. The molecule has 7 heteroatoms. The molecule has 0 aliphatic heterocycles. The summed E-state index contributed by atoms with van der Waals surface area (Å²) < 4.78 is 5.19. The van der Waals surface area contributed by atoms with Crippen LogP contribution in [0.15, 0.2) is 24.3 Å². The predicted octanol–water partition coefficient (Wildman–Crippen LogP) is 1.70. The van der Waals surface area contributed by atoms with E-state index in [1.807, 2.05) is 31.2 Å². The van der Waals surface area contributed by atoms with Gasteiger partial charge in [0.05, 0.1) is 38.3 Å². The summed E-state index contributed by atoms with van der Waals surface area (Å²) in [5, 5.41) is 2.71. The minimum atomic E-state index is -0.696. The Morgan fingerprint density at radius 2 is 1.67 bits per heavy atom. The largest absolute Gasteiger partial charge is 0.462 e. The van der Waals surface area contributed by atoms with Crippen LogP contribution in [0.25, 0.3) is 11.1 Å². The Labute approximate surface area is 177 Å². The van der Waals surface area contributed by atoms with Crippen LogP contribution in [-0.4, -0.2) is 55.4 Å². The molecule has 0 bridgehead atoms. The van der Waals surface area contributed by atoms with Crippen molar-refractivity contribution in [2.75, 3.05) is 32.8 Å². The van der Waals surface area contributed by atoms with E-state index in [-0.39, 0.29) is 17.9 Å². The molecule has 0 aliphatic rings. The van der Waals surface area contributed by atoms with E-state index in [9.17, 15) is 14.4 Å². The van der Waals surface area contributed by atoms with Crippen LogP contribution in [0.2, 0.25) is 0 Å². The Hall–Kier alpha value is -2.93. The summed E-state index contributed by atoms with van der Waals surface area (Å²) in [7, 11) is 0. The molecular weight excluding hydrogens is 382 g/mol. The maximum atomic E-state index is 13.0. The second-order valence-corrected chi connectivity index (χ2v) is 7.25. The maximum Gasteiger partial charge on any atom is 0.340 e. The highest BCUT2D eigenvalue weighted by atomic mass is 16.5. The highest BCUT2D eigenvalue weighted by molar-refractivity contribution is 6.43. The zero-order valence-corrected chi connectivity index (χ0v) is 18.5. The fourth-order valence-electron chi connectivity index (χ4n) is 3.41. The van der Waals surface area contributed by atoms with Gasteiger partial charge in [-0.1, -0.05) is 29.8 Å². The van der Waals surface area contributed by atoms with Gasteiger partial charge in [-0.15, -0.1) is 0 Å². The molecule has 2 aromatic rings. The quantitative estimate of drug-likeness (QED) is 0.313. The first-order chi connectivity index (χ1) is 14.3. The third-order valence-corrected chi connectivity index (χ3v) is 5.20. The van der Waals surface area contributed by atoms with Crippen LogP contribution >= 0.6 is 0 Å². The molecule has 2 rings (SSSR count). The van der Waals surface area contributed by atoms with Crippen molar-refractivity contribution in [3.8, 4) is 11.1 Å². The van der Waals surface area contributed by atoms with Gasteiger partial charge in [0.15, 0.2) is 0 Å². The summed E-state index contributed by atoms with van der Waals surface area (Å²) >= 11 is 0. The summed E-state index contributed by atoms with van der Waals surface area (Å²) in [4.78, 5) is 42.4. The lowest BCUT2D eigenvalue weighted by atomic mass is 9.97. The molecule has 162 valence electrons. The van der Waals surface area contributed by atoms with Gasteiger partial charge in [-0.25, -0.2) is 4.79 Å². The molecule has 1 heterocycles. The fraction of sp³-hybridized carbons (Fsp3) is 0.435. The zero-order valence-electron chi connectivity index (χ0n) is 18.5. The van der Waals surface area contributed by atoms with E-state index in [0.717, 1.165) is 25.2 Å². The number of carbonyl (C=O) groups is 3. The molecule has 0 atom stereocenters. The molecule has 0 spiro atoms. The van der Waals surface area contributed by atoms with Gasteiger partial charge in [0.2, 0.25) is 0 Å². The van der Waals surface area contributed by atoms with E-state index in [2.05, 4.69) is 24.1 Å². The van der Waals surface area contributed by atoms with Crippen molar-refractivity contribution in [2.45, 2.75) is 34.6 Å². The maximum absolute atomic E-state index is 13.0. The molecular formula is C23H32N3O4+. The normalized spacial score (nSPS) is 10.9. The van der Waals surface area contributed by atoms with E-state index in [4.69, 9.17) is 4.74 Å². The van der Waals surface area contributed by atoms with Crippen LogP contribution in [0.5, 0.6) is 0 Å². The molecule has 0 saturated carbocycles. The predicted molar refractivity (Wildman–Crippen MR) is 116 cm³/mol. The van der Waals surface area contributed by atoms with Gasteiger partial charge >= 0.3 is 5.97 Å². The summed E-state index contributed by atoms with van der Waals surface area (Å²) in [6, 6.07) is 7.46. The van der Waals surface area contributed by atoms with Crippen LogP contribution in [-0.2, 0) is 9.53 Å². The van der Waals surface area contributed by atoms with Crippen LogP contribution in [0.1, 0.15) is 52.9 Å². The standard InChI is InChI=1S/C23H31N3O4/c1-6-26(7-2)14-13-24-22(28)21(27)20-19(17-11-9-15(4)10-12-17)18(16(5)25-20)23(29)30-8-3/h9-12,25H,6-8,13-14H2,1-5H3,(H,24,28)/p+1. The van der Waals surface area contributed by atoms with Crippen molar-refractivity contribution in [1.82, 2.24) is 10.3 Å². The molecule has 1 aromatic heterocycles. The fourth-order valence-corrected chi connectivity index (χ4v) is 3.41. The number of aryl methyl sites for hydroxylation is 2. The second kappa shape index (κ2) is 10.7. The van der Waals surface area contributed by atoms with E-state index in [1.54, 1.807) is 13.8 Å². The number of rotatable bonds is 10. The molecule has 7 nitrogen and oxygen atoms in total. The first kappa shape index (κ1) is 23.3. The number of aromatic nitrogens is 1. The number of carbonyl (C=O) groups excluding carboxylic acids is 3. The number of esters is 1. The first-order valence-corrected chi connectivity index (χ1v) is 10.5. The number of aromatic amines is 1. The molecule has 1 amide bonds. The topological polar surface area (TPSA) is 92.7 Å². The number of ketones is 1. The van der Waals surface area contributed by atoms with Gasteiger partial charge in [0.1, 0.15) is 5.69 Å². The van der Waals surface area contributed by atoms with Gasteiger partial charge in [-0.3, -0.25) is 9.59 Å². The third-order valence-electron chi connectivity index (χ3n) is 5.20. The number of nitrogens with one attached hydrogen (secondary N) is 3. The number of likely N-dealkylation sites (N-methyl/N-ethyl adjacent to an activating group) is 1. The van der Waals surface area contributed by atoms with Crippen molar-refractivity contribution in [3.63, 3.8) is 0 Å². The van der Waals surface area contributed by atoms with Gasteiger partial charge in [0, 0.05) is 11.3 Å². The lowest BCUT2D eigenvalue weighted by Crippen LogP contribution is -3.12. The number of quaternary nitrogens is 1. The summed E-state index contributed by atoms with van der Waals surface area (Å²) in [5.41, 5.74) is 3.01. The molecule has 1 aromatic carbocycles. The number of amides is 1. The number of Topliss-reactive ketones (excluding diaryl/α,β-unsaturated/α-hetero) is 1. The monoisotopic (exact) mass is 414 g/mol. The number of hydrogen-bond donors (Lipinski definition) is 3. The van der Waals surface area contributed by atoms with Gasteiger partial charge in [0.25, 0.3) is 11.7 Å². The lowest BCUT2D eigenvalue weighted by Gasteiger charge is -2.15. The average molecular weight is 415 g/mol. The number of ether oxygens (including phenoxy) is 1. The Bertz CT molecular complexity index is 896. The van der Waals surface area contributed by atoms with Crippen molar-refractivity contribution >= 4 is 17.7 Å². The molecule has 0 unspecified atom stereocenters. The first-order valence-electron chi connectivity index (χ1n) is 10.5. The summed E-state index contributed by atoms with van der Waals surface area (Å²) in [5.74, 6) is -1.91. The van der Waals surface area contributed by atoms with E-state index < -0.39 is 17.7 Å². The molecule has 3 N–H and O–H groups in total. The molecule has 30 heavy (non-hydrogen) atoms. The Kier molecular flexibility index (Phi) is 8.35. The SMILES string of the molecule is CCOC(=O)c1c(C)[nH]c(C(=O)C(=O)NCC[NH+](CC)CC)c1-c1ccc(C)cc1. The van der Waals surface area contributed by atoms with Crippen molar-refractivity contribution in [1.29, 1.82) is 0 Å². The molecule has 0 radical (unpaired) electrons. The van der Waals surface area contributed by atoms with Crippen LogP contribution in [0.3, 0.4) is 0 Å². The number of benzene rings is 1. The Balaban J connectivity index is 2.37. The minimum Gasteiger partial charge on any atom is -0.462 e. The number of hydrogen-bond acceptors (Lipinski definition) is 4. The van der Waals surface area contributed by atoms with Crippen LogP contribution < -0.4 is 10.2 Å². The summed E-state index contributed by atoms with van der Waals surface area (Å²) in [6.45, 7) is 12.8. The lowest BCUT2D eigenvalue weighted by molar-refractivity contribution is -0.895. The van der Waals surface area contributed by atoms with Crippen molar-refractivity contribution in [2.24, 2.45) is 0 Å². The molecule has 0 aliphatic carbocycles. The van der Waals surface area contributed by atoms with E-state index in [1.165, 1.54) is 4.90 Å². The zero-order chi connectivity index (χ0) is 22.3. The van der Waals surface area contributed by atoms with Gasteiger partial charge < -0.3 is 19.9 Å². The van der Waals surface area contributed by atoms with Crippen molar-refractivity contribution < 1.29 is 24.0 Å². The van der Waals surface area contributed by atoms with E-state index >= 15 is 0 Å². The van der Waals surface area contributed by atoms with Crippen LogP contribution in [0, 0.1) is 13.8 Å². The highest BCUT2D eigenvalue weighted by Gasteiger charge is 2.29.